The Morgan fingerprint density at radius 1 is 0.769 bits per heavy atom. The van der Waals surface area contributed by atoms with Gasteiger partial charge in [0.15, 0.2) is 6.10 Å². The monoisotopic (exact) mass is 580 g/mol. The van der Waals surface area contributed by atoms with Gasteiger partial charge in [0.25, 0.3) is 0 Å². The highest BCUT2D eigenvalue weighted by Crippen LogP contribution is 2.35. The normalized spacial score (nSPS) is 13.3. The fourth-order valence-electron chi connectivity index (χ4n) is 3.83. The van der Waals surface area contributed by atoms with Gasteiger partial charge in [-0.3, -0.25) is 14.1 Å². The number of carbonyl (C=O) groups excluding carboxylic acids is 2. The molecule has 4 N–H and O–H groups in total. The second-order valence-electron chi connectivity index (χ2n) is 9.73. The van der Waals surface area contributed by atoms with Gasteiger partial charge in [0, 0.05) is 18.9 Å². The number of carboxylic acid groups (broad SMARTS) is 1. The third kappa shape index (κ3) is 27.6. The van der Waals surface area contributed by atoms with E-state index in [9.17, 15) is 24.1 Å². The van der Waals surface area contributed by atoms with Crippen LogP contribution in [0.4, 0.5) is 0 Å². The minimum Gasteiger partial charge on any atom is -0.478 e. The zero-order valence-electron chi connectivity index (χ0n) is 23.3. The lowest BCUT2D eigenvalue weighted by Gasteiger charge is -2.18. The van der Waals surface area contributed by atoms with Gasteiger partial charge in [-0.2, -0.15) is 0 Å². The van der Waals surface area contributed by atoms with Crippen molar-refractivity contribution in [1.82, 2.24) is 0 Å². The summed E-state index contributed by atoms with van der Waals surface area (Å²) in [6.45, 7) is 1.15. The molecule has 0 spiro atoms. The van der Waals surface area contributed by atoms with Crippen molar-refractivity contribution in [3.05, 3.63) is 12.2 Å². The molecule has 12 heteroatoms. The maximum Gasteiger partial charge on any atom is 0.469 e. The van der Waals surface area contributed by atoms with E-state index >= 15 is 0 Å². The molecule has 0 fully saturated rings. The Morgan fingerprint density at radius 2 is 1.28 bits per heavy atom. The van der Waals surface area contributed by atoms with Crippen molar-refractivity contribution < 1.29 is 52.9 Å². The Morgan fingerprint density at radius 3 is 1.79 bits per heavy atom. The zero-order valence-corrected chi connectivity index (χ0v) is 24.2. The minimum absolute atomic E-state index is 0.108. The van der Waals surface area contributed by atoms with Crippen molar-refractivity contribution >= 4 is 25.7 Å². The van der Waals surface area contributed by atoms with Crippen molar-refractivity contribution in [2.24, 2.45) is 0 Å². The van der Waals surface area contributed by atoms with Crippen LogP contribution in [0, 0.1) is 0 Å². The first-order valence-electron chi connectivity index (χ1n) is 14.2. The van der Waals surface area contributed by atoms with Gasteiger partial charge in [0.1, 0.15) is 6.61 Å². The van der Waals surface area contributed by atoms with E-state index in [-0.39, 0.29) is 25.7 Å². The number of rotatable bonds is 26. The highest BCUT2D eigenvalue weighted by atomic mass is 31.2. The molecular formula is C27H49O11P. The molecule has 0 amide bonds. The molecule has 2 atom stereocenters. The van der Waals surface area contributed by atoms with E-state index in [4.69, 9.17) is 24.4 Å². The molecule has 0 bridgehead atoms. The molecule has 11 nitrogen and oxygen atoms in total. The summed E-state index contributed by atoms with van der Waals surface area (Å²) in [6, 6.07) is 0. The molecule has 0 rings (SSSR count). The summed E-state index contributed by atoms with van der Waals surface area (Å²) in [5.74, 6) is -2.44. The molecule has 0 saturated heterocycles. The summed E-state index contributed by atoms with van der Waals surface area (Å²) in [5, 5.41) is 18.2. The standard InChI is InChI=1S/C27H49O11P/c1-2-3-4-5-6-7-8-9-10-11-12-13-14-17-26(31)36-21-24(22-37-39(33,34)35)38-27(32)18-15-16-23(28)19-20-25(29)30/h19-20,23-24,28H,2-18,21-22H2,1H3,(H,29,30)(H2,33,34,35)/b20-19+/t23?,24-/m1/s1. The van der Waals surface area contributed by atoms with Crippen LogP contribution in [0.1, 0.15) is 116 Å². The maximum atomic E-state index is 12.1. The molecular weight excluding hydrogens is 531 g/mol. The number of carbonyl (C=O) groups is 3. The average molecular weight is 581 g/mol. The van der Waals surface area contributed by atoms with E-state index < -0.39 is 51.2 Å². The van der Waals surface area contributed by atoms with E-state index in [0.29, 0.717) is 6.42 Å². The molecule has 0 heterocycles. The summed E-state index contributed by atoms with van der Waals surface area (Å²) in [5.41, 5.74) is 0. The lowest BCUT2D eigenvalue weighted by atomic mass is 10.0. The number of carboxylic acids is 1. The van der Waals surface area contributed by atoms with Crippen molar-refractivity contribution in [1.29, 1.82) is 0 Å². The van der Waals surface area contributed by atoms with Crippen LogP contribution in [0.2, 0.25) is 0 Å². The third-order valence-corrected chi connectivity index (χ3v) is 6.47. The summed E-state index contributed by atoms with van der Waals surface area (Å²) in [6.07, 6.45) is 15.3. The number of aliphatic carboxylic acids is 1. The molecule has 0 saturated carbocycles. The van der Waals surface area contributed by atoms with E-state index in [1.807, 2.05) is 0 Å². The Kier molecular flexibility index (Phi) is 23.0. The van der Waals surface area contributed by atoms with Gasteiger partial charge < -0.3 is 29.5 Å². The summed E-state index contributed by atoms with van der Waals surface area (Å²) >= 11 is 0. The Bertz CT molecular complexity index is 735. The number of aliphatic hydroxyl groups excluding tert-OH is 1. The van der Waals surface area contributed by atoms with E-state index in [1.54, 1.807) is 0 Å². The van der Waals surface area contributed by atoms with Gasteiger partial charge in [0.05, 0.1) is 12.7 Å². The van der Waals surface area contributed by atoms with Gasteiger partial charge in [-0.05, 0) is 25.3 Å². The molecule has 228 valence electrons. The molecule has 0 aromatic rings. The first kappa shape index (κ1) is 37.2. The number of phosphoric ester groups is 1. The quantitative estimate of drug-likeness (QED) is 0.0457. The van der Waals surface area contributed by atoms with Gasteiger partial charge in [-0.25, -0.2) is 9.36 Å². The number of esters is 2. The van der Waals surface area contributed by atoms with Crippen LogP contribution in [-0.2, 0) is 32.9 Å². The predicted molar refractivity (Wildman–Crippen MR) is 146 cm³/mol. The van der Waals surface area contributed by atoms with Crippen molar-refractivity contribution in [3.8, 4) is 0 Å². The fraction of sp³-hybridized carbons (Fsp3) is 0.815. The topological polar surface area (TPSA) is 177 Å². The van der Waals surface area contributed by atoms with Crippen molar-refractivity contribution in [2.75, 3.05) is 13.2 Å². The van der Waals surface area contributed by atoms with Crippen LogP contribution in [0.3, 0.4) is 0 Å². The Balaban J connectivity index is 4.12. The van der Waals surface area contributed by atoms with Crippen LogP contribution in [0.15, 0.2) is 12.2 Å². The fourth-order valence-corrected chi connectivity index (χ4v) is 4.19. The smallest absolute Gasteiger partial charge is 0.469 e. The highest BCUT2D eigenvalue weighted by molar-refractivity contribution is 7.46. The molecule has 1 unspecified atom stereocenters. The van der Waals surface area contributed by atoms with Gasteiger partial charge in [0.2, 0.25) is 0 Å². The molecule has 0 aromatic heterocycles. The SMILES string of the molecule is CCCCCCCCCCCCCCCC(=O)OC[C@H](COP(=O)(O)O)OC(=O)CCCC(O)/C=C/C(=O)O. The second kappa shape index (κ2) is 24.1. The molecule has 0 aliphatic carbocycles. The average Bonchev–Trinajstić information content (AvgIpc) is 2.86. The predicted octanol–water partition coefficient (Wildman–Crippen LogP) is 5.20. The summed E-state index contributed by atoms with van der Waals surface area (Å²) in [7, 11) is -4.82. The van der Waals surface area contributed by atoms with Gasteiger partial charge in [-0.15, -0.1) is 0 Å². The first-order chi connectivity index (χ1) is 18.5. The summed E-state index contributed by atoms with van der Waals surface area (Å²) < 4.78 is 25.7. The number of hydrogen-bond acceptors (Lipinski definition) is 8. The molecule has 39 heavy (non-hydrogen) atoms. The first-order valence-corrected chi connectivity index (χ1v) is 15.7. The minimum atomic E-state index is -4.82. The molecule has 0 aliphatic heterocycles. The van der Waals surface area contributed by atoms with Crippen LogP contribution < -0.4 is 0 Å². The summed E-state index contributed by atoms with van der Waals surface area (Å²) in [4.78, 5) is 52.4. The zero-order chi connectivity index (χ0) is 29.4. The lowest BCUT2D eigenvalue weighted by molar-refractivity contribution is -0.161. The maximum absolute atomic E-state index is 12.1. The number of ether oxygens (including phenoxy) is 2. The largest absolute Gasteiger partial charge is 0.478 e. The number of unbranched alkanes of at least 4 members (excludes halogenated alkanes) is 12. The van der Waals surface area contributed by atoms with Crippen molar-refractivity contribution in [3.63, 3.8) is 0 Å². The van der Waals surface area contributed by atoms with Crippen LogP contribution in [-0.4, -0.2) is 63.3 Å². The lowest BCUT2D eigenvalue weighted by Crippen LogP contribution is -2.29. The van der Waals surface area contributed by atoms with Crippen molar-refractivity contribution in [2.45, 2.75) is 128 Å². The number of aliphatic hydroxyl groups is 1. The van der Waals surface area contributed by atoms with Crippen LogP contribution in [0.25, 0.3) is 0 Å². The third-order valence-electron chi connectivity index (χ3n) is 5.98. The number of phosphoric acid groups is 1. The van der Waals surface area contributed by atoms with E-state index in [1.165, 1.54) is 57.8 Å². The van der Waals surface area contributed by atoms with Gasteiger partial charge in [-0.1, -0.05) is 84.0 Å². The Labute approximate surface area is 232 Å². The van der Waals surface area contributed by atoms with E-state index in [2.05, 4.69) is 11.4 Å². The molecule has 0 aliphatic rings. The molecule has 0 radical (unpaired) electrons. The number of hydrogen-bond donors (Lipinski definition) is 4. The van der Waals surface area contributed by atoms with Crippen LogP contribution in [0.5, 0.6) is 0 Å². The van der Waals surface area contributed by atoms with Crippen LogP contribution >= 0.6 is 7.82 Å². The Hall–Kier alpha value is -1.78. The van der Waals surface area contributed by atoms with E-state index in [0.717, 1.165) is 31.4 Å². The second-order valence-corrected chi connectivity index (χ2v) is 11.0. The molecule has 0 aromatic carbocycles. The van der Waals surface area contributed by atoms with Gasteiger partial charge >= 0.3 is 25.7 Å². The highest BCUT2D eigenvalue weighted by Gasteiger charge is 2.23.